The van der Waals surface area contributed by atoms with E-state index in [1.54, 1.807) is 0 Å². The Bertz CT molecular complexity index is 515. The number of piperazine rings is 1. The van der Waals surface area contributed by atoms with Crippen LogP contribution in [-0.4, -0.2) is 52.9 Å². The highest BCUT2D eigenvalue weighted by Gasteiger charge is 2.25. The van der Waals surface area contributed by atoms with Crippen molar-refractivity contribution in [3.05, 3.63) is 35.4 Å². The van der Waals surface area contributed by atoms with Crippen molar-refractivity contribution in [2.45, 2.75) is 26.3 Å². The fraction of sp³-hybridized carbons (Fsp3) is 0.500. The van der Waals surface area contributed by atoms with Crippen molar-refractivity contribution >= 4 is 23.1 Å². The zero-order chi connectivity index (χ0) is 15.4. The Morgan fingerprint density at radius 2 is 2.00 bits per heavy atom. The number of amides is 1. The van der Waals surface area contributed by atoms with Gasteiger partial charge in [0.05, 0.1) is 6.42 Å². The van der Waals surface area contributed by atoms with E-state index in [4.69, 9.17) is 18.0 Å². The van der Waals surface area contributed by atoms with Crippen LogP contribution in [0.4, 0.5) is 0 Å². The van der Waals surface area contributed by atoms with Crippen LogP contribution in [0, 0.1) is 0 Å². The molecule has 1 amide bonds. The number of nitrogens with two attached hydrogens (primary N) is 1. The number of nitrogens with zero attached hydrogens (tertiary/aromatic N) is 2. The zero-order valence-corrected chi connectivity index (χ0v) is 13.5. The van der Waals surface area contributed by atoms with Crippen LogP contribution >= 0.6 is 12.2 Å². The minimum Gasteiger partial charge on any atom is -0.389 e. The van der Waals surface area contributed by atoms with E-state index in [1.165, 1.54) is 0 Å². The van der Waals surface area contributed by atoms with Crippen LogP contribution in [0.3, 0.4) is 0 Å². The van der Waals surface area contributed by atoms with E-state index < -0.39 is 0 Å². The Morgan fingerprint density at radius 1 is 1.33 bits per heavy atom. The minimum absolute atomic E-state index is 0.195. The molecule has 1 aromatic rings. The Kier molecular flexibility index (Phi) is 5.31. The largest absolute Gasteiger partial charge is 0.389 e. The Hall–Kier alpha value is -1.46. The average Bonchev–Trinajstić information content (AvgIpc) is 2.47. The van der Waals surface area contributed by atoms with Gasteiger partial charge in [-0.2, -0.15) is 0 Å². The van der Waals surface area contributed by atoms with Gasteiger partial charge in [0.2, 0.25) is 5.91 Å². The summed E-state index contributed by atoms with van der Waals surface area (Å²) >= 11 is 4.93. The molecule has 5 heteroatoms. The number of hydrogen-bond donors (Lipinski definition) is 1. The van der Waals surface area contributed by atoms with Crippen molar-refractivity contribution in [2.24, 2.45) is 5.73 Å². The smallest absolute Gasteiger partial charge is 0.227 e. The molecule has 0 radical (unpaired) electrons. The van der Waals surface area contributed by atoms with Gasteiger partial charge in [0.15, 0.2) is 0 Å². The SMILES string of the molecule is CCN1CCN(C(=O)Cc2ccc(C(N)=S)cc2)CC1C. The molecule has 2 N–H and O–H groups in total. The Labute approximate surface area is 131 Å². The number of hydrogen-bond acceptors (Lipinski definition) is 3. The molecule has 0 aromatic heterocycles. The first kappa shape index (κ1) is 15.9. The van der Waals surface area contributed by atoms with E-state index in [1.807, 2.05) is 29.2 Å². The van der Waals surface area contributed by atoms with Crippen molar-refractivity contribution in [1.82, 2.24) is 9.80 Å². The molecule has 0 aliphatic carbocycles. The third kappa shape index (κ3) is 4.02. The molecule has 1 aliphatic rings. The summed E-state index contributed by atoms with van der Waals surface area (Å²) < 4.78 is 0. The molecule has 0 saturated carbocycles. The van der Waals surface area contributed by atoms with Gasteiger partial charge in [0.25, 0.3) is 0 Å². The van der Waals surface area contributed by atoms with Gasteiger partial charge in [-0.15, -0.1) is 0 Å². The van der Waals surface area contributed by atoms with Crippen LogP contribution in [0.25, 0.3) is 0 Å². The van der Waals surface area contributed by atoms with Gasteiger partial charge < -0.3 is 10.6 Å². The average molecular weight is 305 g/mol. The van der Waals surface area contributed by atoms with E-state index in [9.17, 15) is 4.79 Å². The lowest BCUT2D eigenvalue weighted by atomic mass is 10.1. The molecule has 1 atom stereocenters. The predicted molar refractivity (Wildman–Crippen MR) is 89.3 cm³/mol. The summed E-state index contributed by atoms with van der Waals surface area (Å²) in [6.45, 7) is 7.99. The van der Waals surface area contributed by atoms with Crippen LogP contribution < -0.4 is 5.73 Å². The molecule has 2 rings (SSSR count). The summed E-state index contributed by atoms with van der Waals surface area (Å²) in [7, 11) is 0. The van der Waals surface area contributed by atoms with Crippen molar-refractivity contribution in [3.8, 4) is 0 Å². The first-order valence-corrected chi connectivity index (χ1v) is 7.82. The van der Waals surface area contributed by atoms with Gasteiger partial charge in [-0.3, -0.25) is 9.69 Å². The maximum absolute atomic E-state index is 12.4. The number of carbonyl (C=O) groups is 1. The second-order valence-corrected chi connectivity index (χ2v) is 6.00. The highest BCUT2D eigenvalue weighted by Crippen LogP contribution is 2.12. The molecule has 21 heavy (non-hydrogen) atoms. The topological polar surface area (TPSA) is 49.6 Å². The molecule has 0 spiro atoms. The van der Waals surface area contributed by atoms with Gasteiger partial charge in [0.1, 0.15) is 4.99 Å². The van der Waals surface area contributed by atoms with Crippen LogP contribution in [0.2, 0.25) is 0 Å². The molecule has 4 nitrogen and oxygen atoms in total. The van der Waals surface area contributed by atoms with Crippen molar-refractivity contribution in [1.29, 1.82) is 0 Å². The van der Waals surface area contributed by atoms with E-state index in [0.29, 0.717) is 17.5 Å². The highest BCUT2D eigenvalue weighted by molar-refractivity contribution is 7.80. The maximum atomic E-state index is 12.4. The molecule has 1 aromatic carbocycles. The number of benzene rings is 1. The van der Waals surface area contributed by atoms with Crippen LogP contribution in [0.1, 0.15) is 25.0 Å². The summed E-state index contributed by atoms with van der Waals surface area (Å²) in [6.07, 6.45) is 0.441. The second-order valence-electron chi connectivity index (χ2n) is 5.56. The lowest BCUT2D eigenvalue weighted by Crippen LogP contribution is -2.53. The van der Waals surface area contributed by atoms with Gasteiger partial charge in [-0.05, 0) is 19.0 Å². The summed E-state index contributed by atoms with van der Waals surface area (Å²) in [5.41, 5.74) is 7.42. The van der Waals surface area contributed by atoms with Crippen LogP contribution in [0.15, 0.2) is 24.3 Å². The maximum Gasteiger partial charge on any atom is 0.227 e. The normalized spacial score (nSPS) is 19.5. The van der Waals surface area contributed by atoms with Crippen molar-refractivity contribution in [2.75, 3.05) is 26.2 Å². The van der Waals surface area contributed by atoms with E-state index in [-0.39, 0.29) is 5.91 Å². The van der Waals surface area contributed by atoms with Gasteiger partial charge in [-0.1, -0.05) is 43.4 Å². The van der Waals surface area contributed by atoms with E-state index >= 15 is 0 Å². The number of thiocarbonyl (C=S) groups is 1. The fourth-order valence-electron chi connectivity index (χ4n) is 2.76. The summed E-state index contributed by atoms with van der Waals surface area (Å²) in [4.78, 5) is 17.1. The Morgan fingerprint density at radius 3 is 2.52 bits per heavy atom. The molecular formula is C16H23N3OS. The van der Waals surface area contributed by atoms with E-state index in [2.05, 4.69) is 18.7 Å². The van der Waals surface area contributed by atoms with Crippen molar-refractivity contribution < 1.29 is 4.79 Å². The number of rotatable bonds is 4. The first-order valence-electron chi connectivity index (χ1n) is 7.41. The molecule has 1 unspecified atom stereocenters. The molecule has 1 saturated heterocycles. The molecule has 114 valence electrons. The van der Waals surface area contributed by atoms with Gasteiger partial charge in [-0.25, -0.2) is 0 Å². The van der Waals surface area contributed by atoms with Crippen LogP contribution in [-0.2, 0) is 11.2 Å². The number of carbonyl (C=O) groups excluding carboxylic acids is 1. The molecule has 1 aliphatic heterocycles. The third-order valence-corrected chi connectivity index (χ3v) is 4.35. The monoisotopic (exact) mass is 305 g/mol. The second kappa shape index (κ2) is 7.00. The quantitative estimate of drug-likeness (QED) is 0.855. The molecule has 1 fully saturated rings. The lowest BCUT2D eigenvalue weighted by molar-refractivity contribution is -0.133. The summed E-state index contributed by atoms with van der Waals surface area (Å²) in [5, 5.41) is 0. The fourth-order valence-corrected chi connectivity index (χ4v) is 2.90. The van der Waals surface area contributed by atoms with E-state index in [0.717, 1.165) is 37.3 Å². The van der Waals surface area contributed by atoms with Gasteiger partial charge >= 0.3 is 0 Å². The van der Waals surface area contributed by atoms with Crippen LogP contribution in [0.5, 0.6) is 0 Å². The Balaban J connectivity index is 1.94. The third-order valence-electron chi connectivity index (χ3n) is 4.12. The van der Waals surface area contributed by atoms with Crippen molar-refractivity contribution in [3.63, 3.8) is 0 Å². The summed E-state index contributed by atoms with van der Waals surface area (Å²) in [6, 6.07) is 8.05. The number of likely N-dealkylation sites (N-methyl/N-ethyl adjacent to an activating group) is 1. The highest BCUT2D eigenvalue weighted by atomic mass is 32.1. The zero-order valence-electron chi connectivity index (χ0n) is 12.7. The van der Waals surface area contributed by atoms with Gasteiger partial charge in [0, 0.05) is 31.2 Å². The molecular weight excluding hydrogens is 282 g/mol. The summed E-state index contributed by atoms with van der Waals surface area (Å²) in [5.74, 6) is 0.195. The first-order chi connectivity index (χ1) is 10.0. The standard InChI is InChI=1S/C16H23N3OS/c1-3-18-8-9-19(11-12(18)2)15(20)10-13-4-6-14(7-5-13)16(17)21/h4-7,12H,3,8-11H2,1-2H3,(H2,17,21). The molecule has 0 bridgehead atoms. The predicted octanol–water partition coefficient (Wildman–Crippen LogP) is 1.42. The minimum atomic E-state index is 0.195. The lowest BCUT2D eigenvalue weighted by Gasteiger charge is -2.39. The molecule has 1 heterocycles.